The molecule has 0 heterocycles. The molecule has 0 bridgehead atoms. The zero-order chi connectivity index (χ0) is 20.9. The predicted molar refractivity (Wildman–Crippen MR) is 104 cm³/mol. The third-order valence-corrected chi connectivity index (χ3v) is 4.52. The van der Waals surface area contributed by atoms with Gasteiger partial charge in [0.25, 0.3) is 5.91 Å². The van der Waals surface area contributed by atoms with E-state index >= 15 is 0 Å². The summed E-state index contributed by atoms with van der Waals surface area (Å²) in [5.41, 5.74) is 0.741. The second-order valence-electron chi connectivity index (χ2n) is 6.94. The number of hydrogen-bond donors (Lipinski definition) is 0. The fourth-order valence-corrected chi connectivity index (χ4v) is 2.41. The lowest BCUT2D eigenvalue weighted by Gasteiger charge is -2.28. The molecule has 2 aromatic rings. The Bertz CT molecular complexity index is 940. The van der Waals surface area contributed by atoms with E-state index in [4.69, 9.17) is 10.00 Å². The number of nitriles is 1. The maximum Gasteiger partial charge on any atom is 0.339 e. The van der Waals surface area contributed by atoms with Crippen molar-refractivity contribution < 1.29 is 19.1 Å². The van der Waals surface area contributed by atoms with Gasteiger partial charge in [-0.15, -0.1) is 0 Å². The molecule has 6 nitrogen and oxygen atoms in total. The largest absolute Gasteiger partial charge is 0.452 e. The molecule has 0 aliphatic carbocycles. The lowest BCUT2D eigenvalue weighted by molar-refractivity contribution is -0.136. The highest BCUT2D eigenvalue weighted by Gasteiger charge is 2.28. The molecule has 0 N–H and O–H groups in total. The van der Waals surface area contributed by atoms with Gasteiger partial charge in [-0.2, -0.15) is 5.26 Å². The van der Waals surface area contributed by atoms with Crippen molar-refractivity contribution in [2.45, 2.75) is 26.3 Å². The van der Waals surface area contributed by atoms with Crippen molar-refractivity contribution >= 4 is 17.7 Å². The van der Waals surface area contributed by atoms with Crippen LogP contribution in [0.15, 0.2) is 48.5 Å². The van der Waals surface area contributed by atoms with Gasteiger partial charge in [-0.25, -0.2) is 4.79 Å². The van der Waals surface area contributed by atoms with Gasteiger partial charge in [-0.05, 0) is 26.8 Å². The molecule has 144 valence electrons. The van der Waals surface area contributed by atoms with Gasteiger partial charge in [0.15, 0.2) is 12.4 Å². The van der Waals surface area contributed by atoms with Crippen molar-refractivity contribution in [2.24, 2.45) is 0 Å². The van der Waals surface area contributed by atoms with Crippen molar-refractivity contribution in [1.29, 1.82) is 5.26 Å². The van der Waals surface area contributed by atoms with E-state index in [2.05, 4.69) is 0 Å². The Morgan fingerprint density at radius 1 is 1.04 bits per heavy atom. The normalized spacial score (nSPS) is 10.7. The molecule has 0 unspecified atom stereocenters. The predicted octanol–water partition coefficient (Wildman–Crippen LogP) is 3.14. The molecule has 0 aromatic heterocycles. The van der Waals surface area contributed by atoms with E-state index in [-0.39, 0.29) is 16.9 Å². The number of benzene rings is 2. The van der Waals surface area contributed by atoms with Crippen molar-refractivity contribution in [3.8, 4) is 6.07 Å². The number of esters is 1. The van der Waals surface area contributed by atoms with Crippen molar-refractivity contribution in [2.75, 3.05) is 13.7 Å². The first-order valence-corrected chi connectivity index (χ1v) is 8.73. The van der Waals surface area contributed by atoms with Crippen molar-refractivity contribution in [1.82, 2.24) is 4.90 Å². The van der Waals surface area contributed by atoms with Gasteiger partial charge >= 0.3 is 5.97 Å². The summed E-state index contributed by atoms with van der Waals surface area (Å²) < 4.78 is 5.10. The number of carbonyl (C=O) groups is 3. The SMILES string of the molecule is Cc1ccc(C(=O)c2ccccc2C(=O)OCC(=O)N(C)C(C)(C)C#N)cc1. The number of ether oxygens (including phenoxy) is 1. The third kappa shape index (κ3) is 4.63. The van der Waals surface area contributed by atoms with Crippen molar-refractivity contribution in [3.63, 3.8) is 0 Å². The molecule has 2 aromatic carbocycles. The first-order valence-electron chi connectivity index (χ1n) is 8.73. The van der Waals surface area contributed by atoms with E-state index in [0.717, 1.165) is 5.56 Å². The van der Waals surface area contributed by atoms with Crippen LogP contribution in [0, 0.1) is 18.3 Å². The summed E-state index contributed by atoms with van der Waals surface area (Å²) in [5, 5.41) is 9.10. The maximum absolute atomic E-state index is 12.8. The second-order valence-corrected chi connectivity index (χ2v) is 6.94. The molecule has 1 amide bonds. The summed E-state index contributed by atoms with van der Waals surface area (Å²) in [7, 11) is 1.47. The Morgan fingerprint density at radius 3 is 2.18 bits per heavy atom. The summed E-state index contributed by atoms with van der Waals surface area (Å²) in [6.07, 6.45) is 0. The van der Waals surface area contributed by atoms with E-state index in [0.29, 0.717) is 5.56 Å². The highest BCUT2D eigenvalue weighted by Crippen LogP contribution is 2.17. The molecule has 28 heavy (non-hydrogen) atoms. The molecule has 0 saturated carbocycles. The van der Waals surface area contributed by atoms with Crippen LogP contribution in [0.1, 0.15) is 45.7 Å². The molecule has 0 radical (unpaired) electrons. The summed E-state index contributed by atoms with van der Waals surface area (Å²) in [6, 6.07) is 15.3. The molecule has 0 aliphatic rings. The first kappa shape index (κ1) is 20.8. The number of carbonyl (C=O) groups excluding carboxylic acids is 3. The number of likely N-dealkylation sites (N-methyl/N-ethyl adjacent to an activating group) is 1. The van der Waals surface area contributed by atoms with Crippen LogP contribution in [0.25, 0.3) is 0 Å². The number of amides is 1. The Hall–Kier alpha value is -3.46. The van der Waals surface area contributed by atoms with Crippen LogP contribution < -0.4 is 0 Å². The van der Waals surface area contributed by atoms with E-state index in [1.807, 2.05) is 25.1 Å². The Balaban J connectivity index is 2.17. The first-order chi connectivity index (χ1) is 13.2. The summed E-state index contributed by atoms with van der Waals surface area (Å²) in [5.74, 6) is -1.59. The van der Waals surface area contributed by atoms with Crippen LogP contribution in [0.2, 0.25) is 0 Å². The van der Waals surface area contributed by atoms with Crippen LogP contribution in [0.4, 0.5) is 0 Å². The summed E-state index contributed by atoms with van der Waals surface area (Å²) in [6.45, 7) is 4.57. The van der Waals surface area contributed by atoms with Gasteiger partial charge < -0.3 is 9.64 Å². The zero-order valence-electron chi connectivity index (χ0n) is 16.4. The fourth-order valence-electron chi connectivity index (χ4n) is 2.41. The number of aryl methyl sites for hydroxylation is 1. The van der Waals surface area contributed by atoms with Crippen LogP contribution in [0.3, 0.4) is 0 Å². The van der Waals surface area contributed by atoms with Crippen LogP contribution in [0.5, 0.6) is 0 Å². The molecule has 0 spiro atoms. The maximum atomic E-state index is 12.8. The average molecular weight is 378 g/mol. The fraction of sp³-hybridized carbons (Fsp3) is 0.273. The lowest BCUT2D eigenvalue weighted by Crippen LogP contribution is -2.45. The van der Waals surface area contributed by atoms with Crippen LogP contribution in [-0.4, -0.2) is 41.8 Å². The molecule has 0 saturated heterocycles. The standard InChI is InChI=1S/C22H22N2O4/c1-15-9-11-16(12-10-15)20(26)17-7-5-6-8-18(17)21(27)28-13-19(25)24(4)22(2,3)14-23/h5-12H,13H2,1-4H3. The highest BCUT2D eigenvalue weighted by atomic mass is 16.5. The van der Waals surface area contributed by atoms with E-state index in [1.54, 1.807) is 44.2 Å². The van der Waals surface area contributed by atoms with E-state index < -0.39 is 24.0 Å². The molecule has 2 rings (SSSR count). The molecule has 0 atom stereocenters. The van der Waals surface area contributed by atoms with E-state index in [1.165, 1.54) is 18.0 Å². The Morgan fingerprint density at radius 2 is 1.61 bits per heavy atom. The number of ketones is 1. The Kier molecular flexibility index (Phi) is 6.32. The minimum atomic E-state index is -1.02. The van der Waals surface area contributed by atoms with Gasteiger partial charge in [0.2, 0.25) is 0 Å². The topological polar surface area (TPSA) is 87.5 Å². The Labute approximate surface area is 164 Å². The zero-order valence-corrected chi connectivity index (χ0v) is 16.4. The number of hydrogen-bond acceptors (Lipinski definition) is 5. The van der Waals surface area contributed by atoms with Crippen LogP contribution in [-0.2, 0) is 9.53 Å². The van der Waals surface area contributed by atoms with Gasteiger partial charge in [0.05, 0.1) is 11.6 Å². The highest BCUT2D eigenvalue weighted by molar-refractivity contribution is 6.14. The van der Waals surface area contributed by atoms with Gasteiger partial charge in [-0.1, -0.05) is 48.0 Å². The monoisotopic (exact) mass is 378 g/mol. The second kappa shape index (κ2) is 8.49. The van der Waals surface area contributed by atoms with Gasteiger partial charge in [-0.3, -0.25) is 9.59 Å². The average Bonchev–Trinajstić information content (AvgIpc) is 2.71. The molecular weight excluding hydrogens is 356 g/mol. The van der Waals surface area contributed by atoms with E-state index in [9.17, 15) is 14.4 Å². The van der Waals surface area contributed by atoms with Crippen LogP contribution >= 0.6 is 0 Å². The number of rotatable bonds is 6. The quantitative estimate of drug-likeness (QED) is 0.569. The molecular formula is C22H22N2O4. The molecule has 0 fully saturated rings. The molecule has 0 aliphatic heterocycles. The van der Waals surface area contributed by atoms with Crippen molar-refractivity contribution in [3.05, 3.63) is 70.8 Å². The van der Waals surface area contributed by atoms with Gasteiger partial charge in [0, 0.05) is 18.2 Å². The summed E-state index contributed by atoms with van der Waals surface area (Å²) >= 11 is 0. The number of nitrogens with zero attached hydrogens (tertiary/aromatic N) is 2. The third-order valence-electron chi connectivity index (χ3n) is 4.52. The minimum Gasteiger partial charge on any atom is -0.452 e. The van der Waals surface area contributed by atoms with Gasteiger partial charge in [0.1, 0.15) is 5.54 Å². The lowest BCUT2D eigenvalue weighted by atomic mass is 9.98. The molecule has 6 heteroatoms. The summed E-state index contributed by atoms with van der Waals surface area (Å²) in [4.78, 5) is 38.7. The smallest absolute Gasteiger partial charge is 0.339 e. The minimum absolute atomic E-state index is 0.0862.